The molecular weight excluding hydrogens is 276 g/mol. The van der Waals surface area contributed by atoms with E-state index in [1.54, 1.807) is 6.92 Å². The number of carboxylic acids is 1. The first-order valence-corrected chi connectivity index (χ1v) is 6.73. The molecule has 2 unspecified atom stereocenters. The highest BCUT2D eigenvalue weighted by Crippen LogP contribution is 2.31. The van der Waals surface area contributed by atoms with Gasteiger partial charge in [0.25, 0.3) is 0 Å². The van der Waals surface area contributed by atoms with Crippen molar-refractivity contribution in [2.24, 2.45) is 11.8 Å². The first-order chi connectivity index (χ1) is 9.84. The summed E-state index contributed by atoms with van der Waals surface area (Å²) in [6, 6.07) is 0. The lowest BCUT2D eigenvalue weighted by atomic mass is 9.79. The summed E-state index contributed by atoms with van der Waals surface area (Å²) in [6.45, 7) is 6.48. The third kappa shape index (κ3) is 4.73. The molecule has 2 atom stereocenters. The smallest absolute Gasteiger partial charge is 0.333 e. The average molecular weight is 296 g/mol. The third-order valence-electron chi connectivity index (χ3n) is 3.31. The highest BCUT2D eigenvalue weighted by Gasteiger charge is 2.37. The largest absolute Gasteiger partial charge is 0.481 e. The van der Waals surface area contributed by atoms with Crippen LogP contribution in [0.25, 0.3) is 0 Å². The van der Waals surface area contributed by atoms with Gasteiger partial charge in [0.15, 0.2) is 0 Å². The summed E-state index contributed by atoms with van der Waals surface area (Å²) in [6.07, 6.45) is 2.93. The topological polar surface area (TPSA) is 89.9 Å². The Kier molecular flexibility index (Phi) is 6.14. The number of esters is 2. The van der Waals surface area contributed by atoms with Gasteiger partial charge in [0.2, 0.25) is 0 Å². The van der Waals surface area contributed by atoms with Gasteiger partial charge in [0.1, 0.15) is 13.2 Å². The van der Waals surface area contributed by atoms with Crippen LogP contribution in [-0.4, -0.2) is 36.2 Å². The lowest BCUT2D eigenvalue weighted by molar-refractivity contribution is -0.159. The zero-order valence-electron chi connectivity index (χ0n) is 12.3. The Balaban J connectivity index is 2.48. The maximum atomic E-state index is 12.0. The molecule has 1 aliphatic rings. The zero-order chi connectivity index (χ0) is 16.0. The Hall–Kier alpha value is -2.11. The lowest BCUT2D eigenvalue weighted by Gasteiger charge is -2.26. The van der Waals surface area contributed by atoms with Gasteiger partial charge in [-0.2, -0.15) is 0 Å². The van der Waals surface area contributed by atoms with Crippen LogP contribution in [0.3, 0.4) is 0 Å². The molecule has 6 nitrogen and oxygen atoms in total. The van der Waals surface area contributed by atoms with Gasteiger partial charge < -0.3 is 14.6 Å². The van der Waals surface area contributed by atoms with Gasteiger partial charge in [-0.05, 0) is 26.7 Å². The van der Waals surface area contributed by atoms with Crippen molar-refractivity contribution in [1.29, 1.82) is 0 Å². The lowest BCUT2D eigenvalue weighted by Crippen LogP contribution is -2.34. The van der Waals surface area contributed by atoms with Crippen LogP contribution in [0, 0.1) is 11.8 Å². The Morgan fingerprint density at radius 1 is 1.33 bits per heavy atom. The molecule has 0 fully saturated rings. The predicted octanol–water partition coefficient (Wildman–Crippen LogP) is 1.71. The maximum absolute atomic E-state index is 12.0. The van der Waals surface area contributed by atoms with Crippen LogP contribution < -0.4 is 0 Å². The summed E-state index contributed by atoms with van der Waals surface area (Å²) in [7, 11) is 0. The number of carbonyl (C=O) groups excluding carboxylic acids is 2. The number of carbonyl (C=O) groups is 3. The molecule has 21 heavy (non-hydrogen) atoms. The molecule has 0 aromatic heterocycles. The highest BCUT2D eigenvalue weighted by molar-refractivity contribution is 5.87. The van der Waals surface area contributed by atoms with Crippen LogP contribution in [0.1, 0.15) is 26.7 Å². The molecule has 0 amide bonds. The summed E-state index contributed by atoms with van der Waals surface area (Å²) in [5, 5.41) is 9.21. The van der Waals surface area contributed by atoms with Crippen molar-refractivity contribution in [3.63, 3.8) is 0 Å². The van der Waals surface area contributed by atoms with Crippen molar-refractivity contribution < 1.29 is 29.0 Å². The first kappa shape index (κ1) is 16.9. The molecule has 1 aliphatic carbocycles. The first-order valence-electron chi connectivity index (χ1n) is 6.73. The standard InChI is InChI=1S/C15H20O6/c1-9(2)14(18)20-7-8-21-15(19)11-6-4-5-10(3)12(11)13(16)17/h5,11-12H,1,4,6-8H2,2-3H3,(H,16,17). The summed E-state index contributed by atoms with van der Waals surface area (Å²) in [5.41, 5.74) is 0.935. The SMILES string of the molecule is C=C(C)C(=O)OCCOC(=O)C1CCC=C(C)C1C(=O)O. The molecule has 0 radical (unpaired) electrons. The van der Waals surface area contributed by atoms with Gasteiger partial charge in [-0.25, -0.2) is 4.79 Å². The molecule has 0 aliphatic heterocycles. The number of ether oxygens (including phenoxy) is 2. The average Bonchev–Trinajstić information content (AvgIpc) is 2.42. The fourth-order valence-electron chi connectivity index (χ4n) is 2.23. The second-order valence-electron chi connectivity index (χ2n) is 5.03. The number of hydrogen-bond donors (Lipinski definition) is 1. The monoisotopic (exact) mass is 296 g/mol. The number of carboxylic acid groups (broad SMARTS) is 1. The number of aliphatic carboxylic acids is 1. The summed E-state index contributed by atoms with van der Waals surface area (Å²) in [5.74, 6) is -3.68. The molecule has 0 aromatic rings. The van der Waals surface area contributed by atoms with Crippen molar-refractivity contribution in [2.75, 3.05) is 13.2 Å². The molecule has 1 rings (SSSR count). The number of rotatable bonds is 6. The minimum atomic E-state index is -1.03. The van der Waals surface area contributed by atoms with Crippen LogP contribution in [0.2, 0.25) is 0 Å². The molecule has 1 N–H and O–H groups in total. The van der Waals surface area contributed by atoms with Gasteiger partial charge in [0, 0.05) is 5.57 Å². The van der Waals surface area contributed by atoms with E-state index in [1.807, 2.05) is 6.08 Å². The Morgan fingerprint density at radius 2 is 1.95 bits per heavy atom. The minimum absolute atomic E-state index is 0.0727. The Morgan fingerprint density at radius 3 is 2.52 bits per heavy atom. The molecule has 0 heterocycles. The van der Waals surface area contributed by atoms with Crippen LogP contribution in [0.4, 0.5) is 0 Å². The van der Waals surface area contributed by atoms with Crippen molar-refractivity contribution in [1.82, 2.24) is 0 Å². The van der Waals surface area contributed by atoms with E-state index in [9.17, 15) is 19.5 Å². The minimum Gasteiger partial charge on any atom is -0.481 e. The summed E-state index contributed by atoms with van der Waals surface area (Å²) in [4.78, 5) is 34.3. The predicted molar refractivity (Wildman–Crippen MR) is 74.3 cm³/mol. The quantitative estimate of drug-likeness (QED) is 0.347. The van der Waals surface area contributed by atoms with E-state index >= 15 is 0 Å². The second kappa shape index (κ2) is 7.61. The van der Waals surface area contributed by atoms with E-state index in [0.29, 0.717) is 18.4 Å². The fraction of sp³-hybridized carbons (Fsp3) is 0.533. The molecule has 0 saturated carbocycles. The molecular formula is C15H20O6. The van der Waals surface area contributed by atoms with Gasteiger partial charge in [-0.15, -0.1) is 0 Å². The van der Waals surface area contributed by atoms with Crippen LogP contribution in [0.5, 0.6) is 0 Å². The van der Waals surface area contributed by atoms with Crippen LogP contribution >= 0.6 is 0 Å². The van der Waals surface area contributed by atoms with E-state index in [-0.39, 0.29) is 18.8 Å². The van der Waals surface area contributed by atoms with E-state index in [2.05, 4.69) is 6.58 Å². The molecule has 0 bridgehead atoms. The van der Waals surface area contributed by atoms with E-state index in [1.165, 1.54) is 6.92 Å². The fourth-order valence-corrected chi connectivity index (χ4v) is 2.23. The molecule has 6 heteroatoms. The molecule has 0 saturated heterocycles. The van der Waals surface area contributed by atoms with E-state index in [4.69, 9.17) is 9.47 Å². The number of allylic oxidation sites excluding steroid dienone is 1. The molecule has 116 valence electrons. The van der Waals surface area contributed by atoms with Gasteiger partial charge in [-0.3, -0.25) is 9.59 Å². The number of hydrogen-bond acceptors (Lipinski definition) is 5. The van der Waals surface area contributed by atoms with E-state index < -0.39 is 29.7 Å². The third-order valence-corrected chi connectivity index (χ3v) is 3.31. The van der Waals surface area contributed by atoms with Gasteiger partial charge in [-0.1, -0.05) is 18.2 Å². The van der Waals surface area contributed by atoms with Gasteiger partial charge >= 0.3 is 17.9 Å². The van der Waals surface area contributed by atoms with Crippen molar-refractivity contribution in [3.8, 4) is 0 Å². The zero-order valence-corrected chi connectivity index (χ0v) is 12.3. The summed E-state index contributed by atoms with van der Waals surface area (Å²) < 4.78 is 9.80. The van der Waals surface area contributed by atoms with Crippen LogP contribution in [0.15, 0.2) is 23.8 Å². The highest BCUT2D eigenvalue weighted by atomic mass is 16.6. The van der Waals surface area contributed by atoms with Crippen LogP contribution in [-0.2, 0) is 23.9 Å². The van der Waals surface area contributed by atoms with Gasteiger partial charge in [0.05, 0.1) is 11.8 Å². The van der Waals surface area contributed by atoms with Crippen molar-refractivity contribution in [3.05, 3.63) is 23.8 Å². The Labute approximate surface area is 123 Å². The van der Waals surface area contributed by atoms with Crippen molar-refractivity contribution in [2.45, 2.75) is 26.7 Å². The van der Waals surface area contributed by atoms with Crippen molar-refractivity contribution >= 4 is 17.9 Å². The second-order valence-corrected chi connectivity index (χ2v) is 5.03. The summed E-state index contributed by atoms with van der Waals surface area (Å²) >= 11 is 0. The Bertz CT molecular complexity index is 477. The molecule has 0 spiro atoms. The maximum Gasteiger partial charge on any atom is 0.333 e. The molecule has 0 aromatic carbocycles. The normalized spacial score (nSPS) is 21.1. The van der Waals surface area contributed by atoms with E-state index in [0.717, 1.165) is 0 Å².